The van der Waals surface area contributed by atoms with Crippen LogP contribution in [0.15, 0.2) is 36.0 Å². The van der Waals surface area contributed by atoms with Crippen molar-refractivity contribution >= 4 is 28.7 Å². The van der Waals surface area contributed by atoms with Crippen molar-refractivity contribution in [2.45, 2.75) is 13.0 Å². The Labute approximate surface area is 115 Å². The lowest BCUT2D eigenvalue weighted by Crippen LogP contribution is -2.26. The van der Waals surface area contributed by atoms with Crippen LogP contribution in [-0.4, -0.2) is 22.6 Å². The van der Waals surface area contributed by atoms with E-state index in [9.17, 15) is 4.79 Å². The van der Waals surface area contributed by atoms with Gasteiger partial charge in [-0.15, -0.1) is 11.3 Å². The minimum absolute atomic E-state index is 0.0765. The number of nitrogens with two attached hydrogens (primary N) is 1. The summed E-state index contributed by atoms with van der Waals surface area (Å²) in [6.07, 6.45) is 1.87. The van der Waals surface area contributed by atoms with Crippen molar-refractivity contribution in [3.05, 3.63) is 40.8 Å². The third-order valence-electron chi connectivity index (χ3n) is 2.70. The lowest BCUT2D eigenvalue weighted by Gasteiger charge is -2.24. The Bertz CT molecular complexity index is 543. The van der Waals surface area contributed by atoms with Gasteiger partial charge in [-0.2, -0.15) is 0 Å². The van der Waals surface area contributed by atoms with Crippen LogP contribution in [0.3, 0.4) is 0 Å². The summed E-state index contributed by atoms with van der Waals surface area (Å²) in [7, 11) is 0. The van der Waals surface area contributed by atoms with Crippen LogP contribution in [-0.2, 0) is 11.3 Å². The van der Waals surface area contributed by atoms with Crippen LogP contribution < -0.4 is 10.6 Å². The lowest BCUT2D eigenvalue weighted by atomic mass is 10.2. The monoisotopic (exact) mass is 277 g/mol. The maximum Gasteiger partial charge on any atom is 0.305 e. The number of thiazole rings is 1. The van der Waals surface area contributed by atoms with E-state index in [2.05, 4.69) is 4.98 Å². The van der Waals surface area contributed by atoms with Crippen LogP contribution in [0.4, 0.5) is 11.4 Å². The minimum atomic E-state index is -0.816. The zero-order chi connectivity index (χ0) is 13.7. The van der Waals surface area contributed by atoms with Crippen LogP contribution in [0.5, 0.6) is 0 Å². The first-order valence-electron chi connectivity index (χ1n) is 5.85. The number of rotatable bonds is 6. The molecule has 0 bridgehead atoms. The van der Waals surface area contributed by atoms with Gasteiger partial charge in [0, 0.05) is 17.6 Å². The molecule has 0 saturated heterocycles. The van der Waals surface area contributed by atoms with Crippen molar-refractivity contribution in [2.75, 3.05) is 17.2 Å². The number of carbonyl (C=O) groups is 1. The van der Waals surface area contributed by atoms with Crippen molar-refractivity contribution in [1.82, 2.24) is 4.98 Å². The fourth-order valence-corrected chi connectivity index (χ4v) is 2.41. The summed E-state index contributed by atoms with van der Waals surface area (Å²) in [5, 5.41) is 8.84. The Morgan fingerprint density at radius 1 is 1.42 bits per heavy atom. The highest BCUT2D eigenvalue weighted by Crippen LogP contribution is 2.25. The molecule has 0 fully saturated rings. The topological polar surface area (TPSA) is 79.5 Å². The van der Waals surface area contributed by atoms with E-state index in [-0.39, 0.29) is 6.42 Å². The van der Waals surface area contributed by atoms with Crippen molar-refractivity contribution in [3.8, 4) is 0 Å². The molecule has 0 aliphatic heterocycles. The molecule has 3 N–H and O–H groups in total. The summed E-state index contributed by atoms with van der Waals surface area (Å²) in [6, 6.07) is 7.47. The lowest BCUT2D eigenvalue weighted by molar-refractivity contribution is -0.136. The van der Waals surface area contributed by atoms with Gasteiger partial charge in [-0.25, -0.2) is 0 Å². The molecular weight excluding hydrogens is 262 g/mol. The quantitative estimate of drug-likeness (QED) is 0.791. The standard InChI is InChI=1S/C13H15N3O2S/c14-11-3-1-2-4-12(11)16(6-5-13(17)18)8-10-7-15-9-19-10/h1-4,7,9H,5-6,8,14H2,(H,17,18). The minimum Gasteiger partial charge on any atom is -0.481 e. The number of hydrogen-bond acceptors (Lipinski definition) is 5. The number of hydrogen-bond donors (Lipinski definition) is 2. The molecule has 0 aliphatic carbocycles. The van der Waals surface area contributed by atoms with Crippen LogP contribution in [0.1, 0.15) is 11.3 Å². The molecule has 0 amide bonds. The van der Waals surface area contributed by atoms with E-state index in [0.717, 1.165) is 10.6 Å². The van der Waals surface area contributed by atoms with Crippen molar-refractivity contribution in [2.24, 2.45) is 0 Å². The number of carboxylic acid groups (broad SMARTS) is 1. The third kappa shape index (κ3) is 3.69. The molecular formula is C13H15N3O2S. The number of para-hydroxylation sites is 2. The van der Waals surface area contributed by atoms with Gasteiger partial charge in [0.25, 0.3) is 0 Å². The average Bonchev–Trinajstić information content (AvgIpc) is 2.88. The van der Waals surface area contributed by atoms with Crippen LogP contribution in [0, 0.1) is 0 Å². The SMILES string of the molecule is Nc1ccccc1N(CCC(=O)O)Cc1cncs1. The Hall–Kier alpha value is -2.08. The summed E-state index contributed by atoms with van der Waals surface area (Å²) >= 11 is 1.55. The average molecular weight is 277 g/mol. The van der Waals surface area contributed by atoms with E-state index in [1.807, 2.05) is 29.2 Å². The summed E-state index contributed by atoms with van der Waals surface area (Å²) in [5.41, 5.74) is 9.23. The number of anilines is 2. The van der Waals surface area contributed by atoms with Gasteiger partial charge in [0.05, 0.1) is 29.9 Å². The third-order valence-corrected chi connectivity index (χ3v) is 3.47. The summed E-state index contributed by atoms with van der Waals surface area (Å²) < 4.78 is 0. The zero-order valence-corrected chi connectivity index (χ0v) is 11.1. The fourth-order valence-electron chi connectivity index (χ4n) is 1.80. The van der Waals surface area contributed by atoms with Gasteiger partial charge in [-0.3, -0.25) is 9.78 Å². The molecule has 0 aliphatic rings. The molecule has 2 rings (SSSR count). The molecule has 1 aromatic carbocycles. The second kappa shape index (κ2) is 6.19. The van der Waals surface area contributed by atoms with Crippen molar-refractivity contribution < 1.29 is 9.90 Å². The zero-order valence-electron chi connectivity index (χ0n) is 10.3. The molecule has 0 saturated carbocycles. The number of aliphatic carboxylic acids is 1. The summed E-state index contributed by atoms with van der Waals surface area (Å²) in [4.78, 5) is 17.8. The normalized spacial score (nSPS) is 10.3. The van der Waals surface area contributed by atoms with E-state index in [1.165, 1.54) is 0 Å². The second-order valence-electron chi connectivity index (χ2n) is 4.09. The first-order chi connectivity index (χ1) is 9.16. The van der Waals surface area contributed by atoms with Gasteiger partial charge in [0.2, 0.25) is 0 Å². The molecule has 0 spiro atoms. The van der Waals surface area contributed by atoms with Gasteiger partial charge in [-0.1, -0.05) is 12.1 Å². The largest absolute Gasteiger partial charge is 0.481 e. The Balaban J connectivity index is 2.18. The Kier molecular flexibility index (Phi) is 4.35. The van der Waals surface area contributed by atoms with Crippen LogP contribution >= 0.6 is 11.3 Å². The van der Waals surface area contributed by atoms with Gasteiger partial charge < -0.3 is 15.7 Å². The second-order valence-corrected chi connectivity index (χ2v) is 5.06. The molecule has 0 unspecified atom stereocenters. The molecule has 1 heterocycles. The van der Waals surface area contributed by atoms with E-state index >= 15 is 0 Å². The molecule has 2 aromatic rings. The van der Waals surface area contributed by atoms with Gasteiger partial charge in [-0.05, 0) is 12.1 Å². The van der Waals surface area contributed by atoms with E-state index in [0.29, 0.717) is 18.8 Å². The van der Waals surface area contributed by atoms with Crippen LogP contribution in [0.25, 0.3) is 0 Å². The molecule has 100 valence electrons. The molecule has 5 nitrogen and oxygen atoms in total. The summed E-state index contributed by atoms with van der Waals surface area (Å²) in [6.45, 7) is 1.04. The molecule has 6 heteroatoms. The molecule has 19 heavy (non-hydrogen) atoms. The highest BCUT2D eigenvalue weighted by atomic mass is 32.1. The van der Waals surface area contributed by atoms with Crippen LogP contribution in [0.2, 0.25) is 0 Å². The fraction of sp³-hybridized carbons (Fsp3) is 0.231. The van der Waals surface area contributed by atoms with Crippen molar-refractivity contribution in [1.29, 1.82) is 0 Å². The van der Waals surface area contributed by atoms with Crippen molar-refractivity contribution in [3.63, 3.8) is 0 Å². The Morgan fingerprint density at radius 3 is 2.84 bits per heavy atom. The van der Waals surface area contributed by atoms with E-state index in [1.54, 1.807) is 23.0 Å². The Morgan fingerprint density at radius 2 is 2.21 bits per heavy atom. The first kappa shape index (κ1) is 13.4. The van der Waals surface area contributed by atoms with Gasteiger partial charge in [0.15, 0.2) is 0 Å². The number of nitrogens with zero attached hydrogens (tertiary/aromatic N) is 2. The maximum absolute atomic E-state index is 10.8. The predicted molar refractivity (Wildman–Crippen MR) is 76.3 cm³/mol. The molecule has 1 aromatic heterocycles. The van der Waals surface area contributed by atoms with Gasteiger partial charge >= 0.3 is 5.97 Å². The summed E-state index contributed by atoms with van der Waals surface area (Å²) in [5.74, 6) is -0.816. The van der Waals surface area contributed by atoms with E-state index < -0.39 is 5.97 Å². The van der Waals surface area contributed by atoms with Gasteiger partial charge in [0.1, 0.15) is 0 Å². The maximum atomic E-state index is 10.8. The number of nitrogen functional groups attached to an aromatic ring is 1. The predicted octanol–water partition coefficient (Wildman–Crippen LogP) is 2.21. The number of carboxylic acids is 1. The number of benzene rings is 1. The highest BCUT2D eigenvalue weighted by molar-refractivity contribution is 7.09. The number of aromatic nitrogens is 1. The highest BCUT2D eigenvalue weighted by Gasteiger charge is 2.12. The molecule has 0 radical (unpaired) electrons. The smallest absolute Gasteiger partial charge is 0.305 e. The molecule has 0 atom stereocenters. The first-order valence-corrected chi connectivity index (χ1v) is 6.73. The van der Waals surface area contributed by atoms with E-state index in [4.69, 9.17) is 10.8 Å².